The molecule has 1 amide bonds. The smallest absolute Gasteiger partial charge is 0.410 e. The van der Waals surface area contributed by atoms with Gasteiger partial charge < -0.3 is 9.64 Å². The summed E-state index contributed by atoms with van der Waals surface area (Å²) in [4.78, 5) is 26.4. The lowest BCUT2D eigenvalue weighted by Gasteiger charge is -2.35. The largest absolute Gasteiger partial charge is 0.444 e. The molecular formula is C15H22N4O3. The molecule has 2 rings (SSSR count). The number of nitrogens with zero attached hydrogens (tertiary/aromatic N) is 4. The minimum atomic E-state index is -0.468. The molecule has 7 nitrogen and oxygen atoms in total. The molecule has 0 saturated carbocycles. The second kappa shape index (κ2) is 6.83. The van der Waals surface area contributed by atoms with Crippen molar-refractivity contribution in [2.75, 3.05) is 26.2 Å². The van der Waals surface area contributed by atoms with Crippen LogP contribution in [0.15, 0.2) is 12.1 Å². The Labute approximate surface area is 130 Å². The molecule has 1 aliphatic heterocycles. The average molecular weight is 306 g/mol. The third-order valence-corrected chi connectivity index (χ3v) is 3.27. The maximum Gasteiger partial charge on any atom is 0.410 e. The number of aromatic nitrogens is 2. The van der Waals surface area contributed by atoms with E-state index in [1.54, 1.807) is 17.0 Å². The van der Waals surface area contributed by atoms with Crippen LogP contribution in [0.4, 0.5) is 4.79 Å². The summed E-state index contributed by atoms with van der Waals surface area (Å²) in [5.41, 5.74) is 0.680. The number of hydrogen-bond donors (Lipinski definition) is 0. The lowest BCUT2D eigenvalue weighted by molar-refractivity contribution is 0.0138. The van der Waals surface area contributed by atoms with Crippen molar-refractivity contribution >= 4 is 12.4 Å². The van der Waals surface area contributed by atoms with E-state index in [0.717, 1.165) is 18.8 Å². The minimum absolute atomic E-state index is 0.262. The molecule has 0 radical (unpaired) electrons. The van der Waals surface area contributed by atoms with E-state index >= 15 is 0 Å². The van der Waals surface area contributed by atoms with Crippen molar-refractivity contribution in [2.45, 2.75) is 32.9 Å². The number of rotatable bonds is 3. The van der Waals surface area contributed by atoms with E-state index in [9.17, 15) is 9.59 Å². The lowest BCUT2D eigenvalue weighted by atomic mass is 10.2. The number of amides is 1. The monoisotopic (exact) mass is 306 g/mol. The maximum atomic E-state index is 12.0. The van der Waals surface area contributed by atoms with Crippen molar-refractivity contribution < 1.29 is 14.3 Å². The van der Waals surface area contributed by atoms with E-state index in [2.05, 4.69) is 15.1 Å². The molecule has 0 bridgehead atoms. The topological polar surface area (TPSA) is 75.6 Å². The molecule has 22 heavy (non-hydrogen) atoms. The van der Waals surface area contributed by atoms with E-state index in [-0.39, 0.29) is 6.09 Å². The van der Waals surface area contributed by atoms with Crippen LogP contribution in [0.1, 0.15) is 37.0 Å². The highest BCUT2D eigenvalue weighted by Crippen LogP contribution is 2.12. The van der Waals surface area contributed by atoms with E-state index in [4.69, 9.17) is 4.74 Å². The highest BCUT2D eigenvalue weighted by Gasteiger charge is 2.25. The fourth-order valence-corrected chi connectivity index (χ4v) is 2.16. The van der Waals surface area contributed by atoms with Gasteiger partial charge in [-0.05, 0) is 32.9 Å². The van der Waals surface area contributed by atoms with Gasteiger partial charge in [-0.2, -0.15) is 5.10 Å². The zero-order valence-electron chi connectivity index (χ0n) is 13.3. The number of ether oxygens (including phenoxy) is 1. The molecule has 1 aromatic heterocycles. The number of hydrogen-bond acceptors (Lipinski definition) is 6. The highest BCUT2D eigenvalue weighted by atomic mass is 16.6. The number of carbonyl (C=O) groups excluding carboxylic acids is 2. The molecule has 1 saturated heterocycles. The quantitative estimate of drug-likeness (QED) is 0.785. The van der Waals surface area contributed by atoms with Gasteiger partial charge in [0.05, 0.1) is 5.69 Å². The summed E-state index contributed by atoms with van der Waals surface area (Å²) >= 11 is 0. The van der Waals surface area contributed by atoms with E-state index in [0.29, 0.717) is 31.6 Å². The lowest BCUT2D eigenvalue weighted by Crippen LogP contribution is -2.49. The molecule has 120 valence electrons. The van der Waals surface area contributed by atoms with Crippen molar-refractivity contribution in [3.63, 3.8) is 0 Å². The van der Waals surface area contributed by atoms with Crippen LogP contribution in [0, 0.1) is 0 Å². The molecule has 2 heterocycles. The first-order valence-corrected chi connectivity index (χ1v) is 7.35. The molecule has 1 aromatic rings. The second-order valence-electron chi connectivity index (χ2n) is 6.31. The first-order valence-electron chi connectivity index (χ1n) is 7.35. The van der Waals surface area contributed by atoms with Crippen LogP contribution in [0.3, 0.4) is 0 Å². The van der Waals surface area contributed by atoms with Crippen LogP contribution in [0.2, 0.25) is 0 Å². The Morgan fingerprint density at radius 3 is 2.41 bits per heavy atom. The van der Waals surface area contributed by atoms with Crippen LogP contribution < -0.4 is 0 Å². The molecule has 1 fully saturated rings. The fraction of sp³-hybridized carbons (Fsp3) is 0.600. The predicted molar refractivity (Wildman–Crippen MR) is 80.5 cm³/mol. The van der Waals surface area contributed by atoms with Gasteiger partial charge in [-0.3, -0.25) is 9.69 Å². The van der Waals surface area contributed by atoms with Gasteiger partial charge in [0.15, 0.2) is 6.29 Å². The standard InChI is InChI=1S/C15H22N4O3/c1-15(2,3)22-14(21)19-8-6-18(7-9-19)10-12-4-5-13(11-20)17-16-12/h4-5,11H,6-10H2,1-3H3. The minimum Gasteiger partial charge on any atom is -0.444 e. The molecule has 1 aliphatic rings. The molecule has 0 spiro atoms. The molecule has 0 N–H and O–H groups in total. The Kier molecular flexibility index (Phi) is 5.07. The Morgan fingerprint density at radius 1 is 1.23 bits per heavy atom. The van der Waals surface area contributed by atoms with E-state index < -0.39 is 5.60 Å². The van der Waals surface area contributed by atoms with Gasteiger partial charge in [-0.25, -0.2) is 4.79 Å². The Balaban J connectivity index is 1.81. The van der Waals surface area contributed by atoms with Crippen molar-refractivity contribution in [1.29, 1.82) is 0 Å². The van der Waals surface area contributed by atoms with Gasteiger partial charge in [0.25, 0.3) is 0 Å². The molecule has 0 unspecified atom stereocenters. The molecule has 0 aromatic carbocycles. The second-order valence-corrected chi connectivity index (χ2v) is 6.31. The first-order chi connectivity index (χ1) is 10.4. The Hall–Kier alpha value is -2.02. The van der Waals surface area contributed by atoms with Crippen molar-refractivity contribution in [1.82, 2.24) is 20.0 Å². The van der Waals surface area contributed by atoms with Gasteiger partial charge in [0.2, 0.25) is 0 Å². The third kappa shape index (κ3) is 4.77. The highest BCUT2D eigenvalue weighted by molar-refractivity contribution is 5.71. The average Bonchev–Trinajstić information content (AvgIpc) is 2.47. The summed E-state index contributed by atoms with van der Waals surface area (Å²) in [6.45, 7) is 9.04. The van der Waals surface area contributed by atoms with Crippen LogP contribution in [0.5, 0.6) is 0 Å². The van der Waals surface area contributed by atoms with Crippen molar-refractivity contribution in [2.24, 2.45) is 0 Å². The van der Waals surface area contributed by atoms with Gasteiger partial charge in [0.1, 0.15) is 11.3 Å². The van der Waals surface area contributed by atoms with Gasteiger partial charge in [-0.1, -0.05) is 0 Å². The number of piperazine rings is 1. The van der Waals surface area contributed by atoms with Crippen LogP contribution in [-0.2, 0) is 11.3 Å². The summed E-state index contributed by atoms with van der Waals surface area (Å²) < 4.78 is 5.37. The van der Waals surface area contributed by atoms with E-state index in [1.807, 2.05) is 20.8 Å². The normalized spacial score (nSPS) is 16.4. The number of aldehydes is 1. The molecule has 0 atom stereocenters. The summed E-state index contributed by atoms with van der Waals surface area (Å²) in [6.07, 6.45) is 0.415. The molecule has 0 aliphatic carbocycles. The summed E-state index contributed by atoms with van der Waals surface area (Å²) in [5.74, 6) is 0. The maximum absolute atomic E-state index is 12.0. The van der Waals surface area contributed by atoms with Gasteiger partial charge in [-0.15, -0.1) is 5.10 Å². The number of carbonyl (C=O) groups is 2. The Morgan fingerprint density at radius 2 is 1.91 bits per heavy atom. The zero-order chi connectivity index (χ0) is 16.2. The SMILES string of the molecule is CC(C)(C)OC(=O)N1CCN(Cc2ccc(C=O)nn2)CC1. The summed E-state index contributed by atoms with van der Waals surface area (Å²) in [6, 6.07) is 3.46. The van der Waals surface area contributed by atoms with Crippen LogP contribution in [-0.4, -0.2) is 64.2 Å². The van der Waals surface area contributed by atoms with Crippen molar-refractivity contribution in [3.05, 3.63) is 23.5 Å². The summed E-state index contributed by atoms with van der Waals surface area (Å²) in [7, 11) is 0. The van der Waals surface area contributed by atoms with Crippen LogP contribution in [0.25, 0.3) is 0 Å². The van der Waals surface area contributed by atoms with Gasteiger partial charge in [0, 0.05) is 32.7 Å². The zero-order valence-corrected chi connectivity index (χ0v) is 13.3. The third-order valence-electron chi connectivity index (χ3n) is 3.27. The van der Waals surface area contributed by atoms with Crippen molar-refractivity contribution in [3.8, 4) is 0 Å². The molecular weight excluding hydrogens is 284 g/mol. The predicted octanol–water partition coefficient (Wildman–Crippen LogP) is 1.34. The Bertz CT molecular complexity index is 517. The summed E-state index contributed by atoms with van der Waals surface area (Å²) in [5, 5.41) is 7.83. The fourth-order valence-electron chi connectivity index (χ4n) is 2.16. The molecule has 7 heteroatoms. The van der Waals surface area contributed by atoms with Gasteiger partial charge >= 0.3 is 6.09 Å². The first kappa shape index (κ1) is 16.4. The van der Waals surface area contributed by atoms with E-state index in [1.165, 1.54) is 0 Å². The van der Waals surface area contributed by atoms with Crippen LogP contribution >= 0.6 is 0 Å².